The molecule has 3 aromatic carbocycles. The number of ether oxygens (including phenoxy) is 4. The molecular formula is C42H54N6O10. The third kappa shape index (κ3) is 11.4. The second-order valence-corrected chi connectivity index (χ2v) is 14.6. The van der Waals surface area contributed by atoms with Crippen molar-refractivity contribution in [1.82, 2.24) is 31.1 Å². The van der Waals surface area contributed by atoms with E-state index in [1.807, 2.05) is 29.2 Å². The summed E-state index contributed by atoms with van der Waals surface area (Å²) in [6.07, 6.45) is -0.431. The monoisotopic (exact) mass is 802 g/mol. The Hall–Kier alpha value is -5.87. The van der Waals surface area contributed by atoms with Crippen molar-refractivity contribution in [3.05, 3.63) is 77.4 Å². The molecule has 312 valence electrons. The molecule has 0 radical (unpaired) electrons. The molecule has 0 aromatic heterocycles. The lowest BCUT2D eigenvalue weighted by Gasteiger charge is -2.29. The zero-order valence-electron chi connectivity index (χ0n) is 33.7. The molecular weight excluding hydrogens is 748 g/mol. The first-order valence-corrected chi connectivity index (χ1v) is 19.4. The first kappa shape index (κ1) is 43.3. The van der Waals surface area contributed by atoms with Crippen LogP contribution in [0.3, 0.4) is 0 Å². The molecule has 5 N–H and O–H groups in total. The number of aliphatic hydroxyl groups is 1. The maximum absolute atomic E-state index is 13.9. The Morgan fingerprint density at radius 3 is 2.33 bits per heavy atom. The first-order chi connectivity index (χ1) is 27.9. The van der Waals surface area contributed by atoms with Crippen LogP contribution in [-0.4, -0.2) is 116 Å². The molecule has 16 nitrogen and oxygen atoms in total. The molecule has 58 heavy (non-hydrogen) atoms. The average molecular weight is 803 g/mol. The molecule has 0 fully saturated rings. The van der Waals surface area contributed by atoms with Crippen molar-refractivity contribution in [2.45, 2.75) is 64.9 Å². The molecule has 5 amide bonds. The summed E-state index contributed by atoms with van der Waals surface area (Å²) < 4.78 is 23.3. The predicted molar refractivity (Wildman–Crippen MR) is 214 cm³/mol. The van der Waals surface area contributed by atoms with E-state index in [0.29, 0.717) is 60.9 Å². The van der Waals surface area contributed by atoms with Gasteiger partial charge in [-0.1, -0.05) is 38.1 Å². The number of para-hydroxylation sites is 1. The first-order valence-electron chi connectivity index (χ1n) is 19.4. The van der Waals surface area contributed by atoms with Crippen LogP contribution >= 0.6 is 0 Å². The lowest BCUT2D eigenvalue weighted by molar-refractivity contribution is -0.139. The third-order valence-corrected chi connectivity index (χ3v) is 9.94. The van der Waals surface area contributed by atoms with Gasteiger partial charge in [-0.15, -0.1) is 0 Å². The van der Waals surface area contributed by atoms with Crippen LogP contribution in [0, 0.1) is 5.92 Å². The zero-order valence-corrected chi connectivity index (χ0v) is 33.7. The number of carbonyl (C=O) groups is 5. The van der Waals surface area contributed by atoms with E-state index < -0.39 is 48.4 Å². The van der Waals surface area contributed by atoms with Gasteiger partial charge in [0.2, 0.25) is 23.6 Å². The Kier molecular flexibility index (Phi) is 15.3. The van der Waals surface area contributed by atoms with E-state index in [-0.39, 0.29) is 43.7 Å². The van der Waals surface area contributed by atoms with Crippen LogP contribution in [0.4, 0.5) is 0 Å². The number of rotatable bonds is 6. The van der Waals surface area contributed by atoms with Gasteiger partial charge in [0.15, 0.2) is 11.5 Å². The summed E-state index contributed by atoms with van der Waals surface area (Å²) in [7, 11) is 2.96. The minimum atomic E-state index is -1.44. The molecule has 2 aliphatic rings. The summed E-state index contributed by atoms with van der Waals surface area (Å²) >= 11 is 0. The van der Waals surface area contributed by atoms with Gasteiger partial charge in [0, 0.05) is 37.3 Å². The molecule has 3 atom stereocenters. The van der Waals surface area contributed by atoms with Crippen molar-refractivity contribution in [3.8, 4) is 28.7 Å². The van der Waals surface area contributed by atoms with E-state index >= 15 is 0 Å². The van der Waals surface area contributed by atoms with Crippen LogP contribution in [0.1, 0.15) is 55.1 Å². The molecule has 0 saturated carbocycles. The molecule has 5 rings (SSSR count). The molecule has 0 unspecified atom stereocenters. The third-order valence-electron chi connectivity index (χ3n) is 9.94. The van der Waals surface area contributed by atoms with Gasteiger partial charge in [-0.3, -0.25) is 28.9 Å². The summed E-state index contributed by atoms with van der Waals surface area (Å²) in [5.74, 6) is -0.966. The normalized spacial score (nSPS) is 19.7. The fraction of sp³-hybridized carbons (Fsp3) is 0.452. The Morgan fingerprint density at radius 1 is 0.828 bits per heavy atom. The van der Waals surface area contributed by atoms with Gasteiger partial charge in [-0.2, -0.15) is 0 Å². The second-order valence-electron chi connectivity index (χ2n) is 14.6. The van der Waals surface area contributed by atoms with E-state index in [2.05, 4.69) is 21.3 Å². The van der Waals surface area contributed by atoms with Crippen LogP contribution in [0.2, 0.25) is 0 Å². The van der Waals surface area contributed by atoms with Crippen LogP contribution in [0.5, 0.6) is 28.7 Å². The van der Waals surface area contributed by atoms with Gasteiger partial charge in [0.1, 0.15) is 35.9 Å². The number of aliphatic hydroxyl groups excluding tert-OH is 1. The Balaban J connectivity index is 1.41. The molecule has 0 saturated heterocycles. The number of fused-ring (bicyclic) bond motifs is 4. The van der Waals surface area contributed by atoms with Crippen molar-refractivity contribution in [3.63, 3.8) is 0 Å². The van der Waals surface area contributed by atoms with Gasteiger partial charge < -0.3 is 50.2 Å². The topological polar surface area (TPSA) is 197 Å². The highest BCUT2D eigenvalue weighted by Gasteiger charge is 2.32. The van der Waals surface area contributed by atoms with Crippen molar-refractivity contribution in [2.24, 2.45) is 5.92 Å². The number of hydrogen-bond donors (Lipinski definition) is 5. The maximum Gasteiger partial charge on any atom is 0.251 e. The van der Waals surface area contributed by atoms with Crippen molar-refractivity contribution >= 4 is 29.5 Å². The highest BCUT2D eigenvalue weighted by atomic mass is 16.5. The average Bonchev–Trinajstić information content (AvgIpc) is 3.41. The Labute approximate surface area is 338 Å². The number of benzene rings is 3. The SMILES string of the molecule is COc1ccc2cc1Oc1cccc(OC)c1CNC(=O)[C@@H](C(C)C)NC(=O)[C@H]([C@@H](C)O)NC(=O)CN(C(=O)CN1CCOc3ccccc3C1)CCCCNC2=O. The van der Waals surface area contributed by atoms with E-state index in [1.54, 1.807) is 50.2 Å². The summed E-state index contributed by atoms with van der Waals surface area (Å²) in [6.45, 7) is 6.18. The van der Waals surface area contributed by atoms with Crippen molar-refractivity contribution < 1.29 is 48.0 Å². The number of methoxy groups -OCH3 is 2. The van der Waals surface area contributed by atoms with Crippen molar-refractivity contribution in [2.75, 3.05) is 53.6 Å². The quantitative estimate of drug-likeness (QED) is 0.246. The lowest BCUT2D eigenvalue weighted by Crippen LogP contribution is -2.59. The molecule has 16 heteroatoms. The number of nitrogens with zero attached hydrogens (tertiary/aromatic N) is 2. The summed E-state index contributed by atoms with van der Waals surface area (Å²) in [4.78, 5) is 71.5. The molecule has 0 spiro atoms. The van der Waals surface area contributed by atoms with E-state index in [1.165, 1.54) is 26.0 Å². The van der Waals surface area contributed by atoms with E-state index in [9.17, 15) is 29.1 Å². The van der Waals surface area contributed by atoms with Crippen LogP contribution in [0.25, 0.3) is 0 Å². The summed E-state index contributed by atoms with van der Waals surface area (Å²) in [6, 6.07) is 15.0. The molecule has 2 bridgehead atoms. The number of carbonyl (C=O) groups excluding carboxylic acids is 5. The zero-order chi connectivity index (χ0) is 41.8. The smallest absolute Gasteiger partial charge is 0.251 e. The molecule has 2 heterocycles. The van der Waals surface area contributed by atoms with Crippen LogP contribution < -0.4 is 40.2 Å². The van der Waals surface area contributed by atoms with Gasteiger partial charge in [0.25, 0.3) is 5.91 Å². The summed E-state index contributed by atoms with van der Waals surface area (Å²) in [5, 5.41) is 21.7. The van der Waals surface area contributed by atoms with E-state index in [0.717, 1.165) is 11.3 Å². The minimum Gasteiger partial charge on any atom is -0.496 e. The van der Waals surface area contributed by atoms with Gasteiger partial charge in [-0.25, -0.2) is 0 Å². The van der Waals surface area contributed by atoms with Crippen LogP contribution in [0.15, 0.2) is 60.7 Å². The highest BCUT2D eigenvalue weighted by molar-refractivity contribution is 5.95. The van der Waals surface area contributed by atoms with Crippen molar-refractivity contribution in [1.29, 1.82) is 0 Å². The van der Waals surface area contributed by atoms with Gasteiger partial charge >= 0.3 is 0 Å². The van der Waals surface area contributed by atoms with Gasteiger partial charge in [-0.05, 0) is 62.1 Å². The Bertz CT molecular complexity index is 1940. The molecule has 0 aliphatic carbocycles. The lowest BCUT2D eigenvalue weighted by atomic mass is 10.0. The number of amides is 5. The van der Waals surface area contributed by atoms with Crippen LogP contribution in [-0.2, 0) is 32.3 Å². The fourth-order valence-corrected chi connectivity index (χ4v) is 6.71. The predicted octanol–water partition coefficient (Wildman–Crippen LogP) is 2.37. The number of nitrogens with one attached hydrogen (secondary N) is 4. The number of hydrogen-bond acceptors (Lipinski definition) is 11. The van der Waals surface area contributed by atoms with Gasteiger partial charge in [0.05, 0.1) is 45.5 Å². The standard InChI is InChI=1S/C42H54N6O10/c1-26(2)38-41(53)44-22-30-32(55-4)13-10-14-33(30)58-35-21-28(15-16-34(35)56-5)40(52)43-17-8-9-18-48(24-36(50)45-39(27(3)49)42(54)46-38)37(51)25-47-19-20-57-31-12-7-6-11-29(31)23-47/h6-7,10-16,21,26-27,38-39,49H,8-9,17-20,22-25H2,1-5H3,(H,43,52)(H,44,53)(H,45,50)(H,46,54)/t27-,38-,39+/m1/s1. The highest BCUT2D eigenvalue weighted by Crippen LogP contribution is 2.37. The largest absolute Gasteiger partial charge is 0.496 e. The summed E-state index contributed by atoms with van der Waals surface area (Å²) in [5.41, 5.74) is 1.73. The minimum absolute atomic E-state index is 0.00479. The maximum atomic E-state index is 13.9. The van der Waals surface area contributed by atoms with E-state index in [4.69, 9.17) is 18.9 Å². The fourth-order valence-electron chi connectivity index (χ4n) is 6.71. The molecule has 2 aliphatic heterocycles. The second kappa shape index (κ2) is 20.5. The Morgan fingerprint density at radius 2 is 1.59 bits per heavy atom. The molecule has 3 aromatic rings.